The molecule has 1 unspecified atom stereocenters. The standard InChI is InChI=1S/C18H26N2O3S/c1-22-13-18-3-2-17(23-18)12-19-6-7-20(16(11-19)4-8-21)10-15-5-9-24-14-15/h2-3,5,9,14,16,21H,4,6-8,10-13H2,1H3. The quantitative estimate of drug-likeness (QED) is 0.793. The SMILES string of the molecule is COCc1ccc(CN2CCN(Cc3ccsc3)C(CCO)C2)o1. The van der Waals surface area contributed by atoms with E-state index in [9.17, 15) is 5.11 Å². The maximum atomic E-state index is 9.43. The van der Waals surface area contributed by atoms with Gasteiger partial charge in [-0.05, 0) is 40.9 Å². The molecule has 3 heterocycles. The number of rotatable bonds is 8. The number of piperazine rings is 1. The van der Waals surface area contributed by atoms with Gasteiger partial charge in [0, 0.05) is 45.9 Å². The molecule has 1 fully saturated rings. The molecule has 1 aliphatic heterocycles. The molecule has 2 aromatic heterocycles. The van der Waals surface area contributed by atoms with Gasteiger partial charge in [-0.3, -0.25) is 9.80 Å². The fourth-order valence-corrected chi connectivity index (χ4v) is 3.96. The number of methoxy groups -OCH3 is 1. The number of hydrogen-bond acceptors (Lipinski definition) is 6. The highest BCUT2D eigenvalue weighted by atomic mass is 32.1. The molecule has 132 valence electrons. The zero-order valence-corrected chi connectivity index (χ0v) is 15.0. The smallest absolute Gasteiger partial charge is 0.129 e. The Morgan fingerprint density at radius 3 is 2.88 bits per heavy atom. The first kappa shape index (κ1) is 17.6. The van der Waals surface area contributed by atoms with E-state index in [0.29, 0.717) is 12.6 Å². The second-order valence-electron chi connectivity index (χ2n) is 6.30. The van der Waals surface area contributed by atoms with Crippen LogP contribution in [0.4, 0.5) is 0 Å². The molecule has 1 N–H and O–H groups in total. The molecule has 0 spiro atoms. The molecule has 0 radical (unpaired) electrons. The summed E-state index contributed by atoms with van der Waals surface area (Å²) >= 11 is 1.74. The zero-order chi connectivity index (χ0) is 16.8. The number of hydrogen-bond donors (Lipinski definition) is 1. The average molecular weight is 350 g/mol. The first-order chi connectivity index (χ1) is 11.8. The van der Waals surface area contributed by atoms with Crippen LogP contribution in [0, 0.1) is 0 Å². The fraction of sp³-hybridized carbons (Fsp3) is 0.556. The van der Waals surface area contributed by atoms with E-state index in [1.54, 1.807) is 18.4 Å². The number of aliphatic hydroxyl groups excluding tert-OH is 1. The van der Waals surface area contributed by atoms with Crippen molar-refractivity contribution in [1.29, 1.82) is 0 Å². The van der Waals surface area contributed by atoms with Gasteiger partial charge < -0.3 is 14.3 Å². The Morgan fingerprint density at radius 2 is 2.12 bits per heavy atom. The molecule has 0 aliphatic carbocycles. The van der Waals surface area contributed by atoms with Crippen LogP contribution >= 0.6 is 11.3 Å². The lowest BCUT2D eigenvalue weighted by molar-refractivity contribution is 0.0463. The van der Waals surface area contributed by atoms with Crippen LogP contribution in [0.1, 0.15) is 23.5 Å². The van der Waals surface area contributed by atoms with E-state index in [1.807, 2.05) is 12.1 Å². The number of aliphatic hydroxyl groups is 1. The predicted molar refractivity (Wildman–Crippen MR) is 94.9 cm³/mol. The van der Waals surface area contributed by atoms with Gasteiger partial charge in [0.15, 0.2) is 0 Å². The first-order valence-electron chi connectivity index (χ1n) is 8.43. The van der Waals surface area contributed by atoms with E-state index in [-0.39, 0.29) is 6.61 Å². The van der Waals surface area contributed by atoms with Gasteiger partial charge in [0.2, 0.25) is 0 Å². The van der Waals surface area contributed by atoms with Crippen molar-refractivity contribution < 1.29 is 14.3 Å². The number of ether oxygens (including phenoxy) is 1. The fourth-order valence-electron chi connectivity index (χ4n) is 3.30. The number of nitrogens with zero attached hydrogens (tertiary/aromatic N) is 2. The Labute approximate surface area is 147 Å². The molecular weight excluding hydrogens is 324 g/mol. The van der Waals surface area contributed by atoms with Crippen LogP contribution in [-0.2, 0) is 24.4 Å². The monoisotopic (exact) mass is 350 g/mol. The molecule has 3 rings (SSSR count). The lowest BCUT2D eigenvalue weighted by Crippen LogP contribution is -2.52. The van der Waals surface area contributed by atoms with Crippen molar-refractivity contribution in [2.45, 2.75) is 32.2 Å². The normalized spacial score (nSPS) is 19.8. The minimum atomic E-state index is 0.234. The number of thiophene rings is 1. The summed E-state index contributed by atoms with van der Waals surface area (Å²) in [5.41, 5.74) is 1.37. The molecule has 2 aromatic rings. The summed E-state index contributed by atoms with van der Waals surface area (Å²) in [7, 11) is 1.67. The van der Waals surface area contributed by atoms with Crippen molar-refractivity contribution in [2.24, 2.45) is 0 Å². The first-order valence-corrected chi connectivity index (χ1v) is 9.37. The molecule has 0 aromatic carbocycles. The third-order valence-electron chi connectivity index (χ3n) is 4.50. The molecule has 5 nitrogen and oxygen atoms in total. The van der Waals surface area contributed by atoms with Crippen LogP contribution in [0.5, 0.6) is 0 Å². The highest BCUT2D eigenvalue weighted by molar-refractivity contribution is 7.07. The predicted octanol–water partition coefficient (Wildman–Crippen LogP) is 2.56. The van der Waals surface area contributed by atoms with Gasteiger partial charge in [-0.25, -0.2) is 0 Å². The molecule has 24 heavy (non-hydrogen) atoms. The maximum Gasteiger partial charge on any atom is 0.129 e. The summed E-state index contributed by atoms with van der Waals surface area (Å²) in [6.07, 6.45) is 0.813. The van der Waals surface area contributed by atoms with Gasteiger partial charge >= 0.3 is 0 Å². The Balaban J connectivity index is 1.57. The van der Waals surface area contributed by atoms with Crippen LogP contribution in [0.15, 0.2) is 33.4 Å². The van der Waals surface area contributed by atoms with E-state index >= 15 is 0 Å². The largest absolute Gasteiger partial charge is 0.462 e. The Kier molecular flexibility index (Phi) is 6.45. The highest BCUT2D eigenvalue weighted by Crippen LogP contribution is 2.20. The average Bonchev–Trinajstić information content (AvgIpc) is 3.23. The molecule has 0 saturated carbocycles. The minimum absolute atomic E-state index is 0.234. The van der Waals surface area contributed by atoms with E-state index in [2.05, 4.69) is 26.6 Å². The summed E-state index contributed by atoms with van der Waals surface area (Å²) in [5, 5.41) is 13.8. The second-order valence-corrected chi connectivity index (χ2v) is 7.08. The van der Waals surface area contributed by atoms with Gasteiger partial charge in [0.05, 0.1) is 6.54 Å². The van der Waals surface area contributed by atoms with E-state index < -0.39 is 0 Å². The zero-order valence-electron chi connectivity index (χ0n) is 14.2. The summed E-state index contributed by atoms with van der Waals surface area (Å²) in [6.45, 7) is 5.54. The summed E-state index contributed by atoms with van der Waals surface area (Å²) in [6, 6.07) is 6.59. The minimum Gasteiger partial charge on any atom is -0.462 e. The van der Waals surface area contributed by atoms with Crippen molar-refractivity contribution in [3.05, 3.63) is 46.0 Å². The van der Waals surface area contributed by atoms with Crippen LogP contribution in [0.3, 0.4) is 0 Å². The molecule has 6 heteroatoms. The highest BCUT2D eigenvalue weighted by Gasteiger charge is 2.27. The molecule has 1 atom stereocenters. The van der Waals surface area contributed by atoms with Crippen molar-refractivity contribution in [2.75, 3.05) is 33.4 Å². The van der Waals surface area contributed by atoms with Crippen molar-refractivity contribution >= 4 is 11.3 Å². The van der Waals surface area contributed by atoms with Crippen LogP contribution in [0.25, 0.3) is 0 Å². The van der Waals surface area contributed by atoms with E-state index in [1.165, 1.54) is 5.56 Å². The molecule has 0 bridgehead atoms. The lowest BCUT2D eigenvalue weighted by Gasteiger charge is -2.41. The van der Waals surface area contributed by atoms with Gasteiger partial charge in [0.25, 0.3) is 0 Å². The van der Waals surface area contributed by atoms with E-state index in [4.69, 9.17) is 9.15 Å². The summed E-state index contributed by atoms with van der Waals surface area (Å²) in [4.78, 5) is 4.91. The summed E-state index contributed by atoms with van der Waals surface area (Å²) in [5.74, 6) is 1.85. The van der Waals surface area contributed by atoms with Gasteiger partial charge in [0.1, 0.15) is 18.1 Å². The molecule has 1 saturated heterocycles. The van der Waals surface area contributed by atoms with Crippen LogP contribution < -0.4 is 0 Å². The lowest BCUT2D eigenvalue weighted by atomic mass is 10.1. The van der Waals surface area contributed by atoms with E-state index in [0.717, 1.165) is 50.7 Å². The van der Waals surface area contributed by atoms with Gasteiger partial charge in [-0.15, -0.1) is 0 Å². The molecule has 0 amide bonds. The Bertz CT molecular complexity index is 599. The number of furan rings is 1. The third-order valence-corrected chi connectivity index (χ3v) is 5.23. The van der Waals surface area contributed by atoms with Crippen molar-refractivity contribution in [3.8, 4) is 0 Å². The van der Waals surface area contributed by atoms with Gasteiger partial charge in [-0.2, -0.15) is 11.3 Å². The second kappa shape index (κ2) is 8.78. The third kappa shape index (κ3) is 4.68. The Morgan fingerprint density at radius 1 is 1.25 bits per heavy atom. The Hall–Kier alpha value is -1.18. The van der Waals surface area contributed by atoms with Crippen LogP contribution in [0.2, 0.25) is 0 Å². The summed E-state index contributed by atoms with van der Waals surface area (Å²) < 4.78 is 10.9. The van der Waals surface area contributed by atoms with Gasteiger partial charge in [-0.1, -0.05) is 0 Å². The van der Waals surface area contributed by atoms with Crippen LogP contribution in [-0.4, -0.2) is 54.3 Å². The van der Waals surface area contributed by atoms with Crippen molar-refractivity contribution in [3.63, 3.8) is 0 Å². The molecule has 1 aliphatic rings. The molecular formula is C18H26N2O3S. The topological polar surface area (TPSA) is 49.1 Å². The van der Waals surface area contributed by atoms with Crippen molar-refractivity contribution in [1.82, 2.24) is 9.80 Å². The maximum absolute atomic E-state index is 9.43.